The topological polar surface area (TPSA) is 69.6 Å². The normalized spacial score (nSPS) is 13.7. The lowest BCUT2D eigenvalue weighted by Crippen LogP contribution is -2.45. The van der Waals surface area contributed by atoms with Gasteiger partial charge in [0.05, 0.1) is 18.8 Å². The van der Waals surface area contributed by atoms with Gasteiger partial charge >= 0.3 is 0 Å². The Kier molecular flexibility index (Phi) is 59.3. The molecule has 4 heteroatoms. The van der Waals surface area contributed by atoms with Crippen molar-refractivity contribution in [1.29, 1.82) is 0 Å². The van der Waals surface area contributed by atoms with Gasteiger partial charge < -0.3 is 15.5 Å². The molecule has 0 aromatic rings. The largest absolute Gasteiger partial charge is 0.394 e. The number of carbonyl (C=O) groups is 1. The van der Waals surface area contributed by atoms with Crippen molar-refractivity contribution >= 4 is 5.91 Å². The Morgan fingerprint density at radius 2 is 0.611 bits per heavy atom. The predicted octanol–water partition coefficient (Wildman–Crippen LogP) is 20.8. The van der Waals surface area contributed by atoms with Crippen LogP contribution in [0, 0.1) is 0 Å². The predicted molar refractivity (Wildman–Crippen MR) is 322 cm³/mol. The third-order valence-corrected chi connectivity index (χ3v) is 13.5. The standard InChI is InChI=1S/C68H117NO3/c1-3-5-7-9-11-13-15-17-19-21-23-25-27-28-29-30-31-32-33-34-35-36-37-38-39-40-42-44-46-48-50-52-54-56-58-60-62-64-68(72)69-66(65-70)67(71)63-61-59-57-55-53-51-49-47-45-43-41-26-24-22-20-18-16-14-12-10-8-6-4-2/h5,7,11,13,17,19,23,25,28-29,31-32,34-35,37-38,40,42,61,63,66-67,70-71H,3-4,6,8-10,12,14-16,18,20-22,24,26-27,30,33,36,39,41,43-60,62,64-65H2,1-2H3,(H,69,72)/b7-5-,13-11-,19-17-,25-23-,29-28-,32-31-,35-34-,38-37-,42-40-,63-61+. The molecule has 0 aliphatic carbocycles. The van der Waals surface area contributed by atoms with Gasteiger partial charge in [-0.2, -0.15) is 0 Å². The first-order valence-corrected chi connectivity index (χ1v) is 30.7. The molecule has 0 heterocycles. The number of nitrogens with one attached hydrogen (secondary N) is 1. The molecule has 412 valence electrons. The van der Waals surface area contributed by atoms with Crippen LogP contribution in [0.15, 0.2) is 122 Å². The fourth-order valence-electron chi connectivity index (χ4n) is 8.82. The van der Waals surface area contributed by atoms with E-state index in [2.05, 4.69) is 129 Å². The van der Waals surface area contributed by atoms with Gasteiger partial charge in [-0.3, -0.25) is 4.79 Å². The maximum atomic E-state index is 12.5. The number of unbranched alkanes of at least 4 members (excludes halogenated alkanes) is 30. The molecule has 0 saturated carbocycles. The Labute approximate surface area is 448 Å². The van der Waals surface area contributed by atoms with Crippen molar-refractivity contribution in [3.05, 3.63) is 122 Å². The van der Waals surface area contributed by atoms with Gasteiger partial charge in [0.1, 0.15) is 0 Å². The van der Waals surface area contributed by atoms with Crippen LogP contribution in [0.4, 0.5) is 0 Å². The molecule has 2 unspecified atom stereocenters. The lowest BCUT2D eigenvalue weighted by atomic mass is 10.0. The van der Waals surface area contributed by atoms with Crippen LogP contribution in [0.5, 0.6) is 0 Å². The average molecular weight is 997 g/mol. The van der Waals surface area contributed by atoms with Gasteiger partial charge in [0, 0.05) is 6.42 Å². The highest BCUT2D eigenvalue weighted by molar-refractivity contribution is 5.76. The van der Waals surface area contributed by atoms with E-state index in [0.29, 0.717) is 6.42 Å². The number of carbonyl (C=O) groups excluding carboxylic acids is 1. The highest BCUT2D eigenvalue weighted by Gasteiger charge is 2.18. The molecule has 0 bridgehead atoms. The molecule has 0 rings (SSSR count). The molecular weight excluding hydrogens is 879 g/mol. The van der Waals surface area contributed by atoms with Crippen LogP contribution in [0.3, 0.4) is 0 Å². The summed E-state index contributed by atoms with van der Waals surface area (Å²) in [6, 6.07) is -0.635. The van der Waals surface area contributed by atoms with Gasteiger partial charge in [-0.1, -0.05) is 309 Å². The Bertz CT molecular complexity index is 1410. The van der Waals surface area contributed by atoms with E-state index in [9.17, 15) is 15.0 Å². The molecule has 0 saturated heterocycles. The molecule has 0 aromatic carbocycles. The molecule has 0 radical (unpaired) electrons. The smallest absolute Gasteiger partial charge is 0.220 e. The Morgan fingerprint density at radius 1 is 0.347 bits per heavy atom. The number of hydrogen-bond acceptors (Lipinski definition) is 3. The van der Waals surface area contributed by atoms with Crippen LogP contribution in [0.1, 0.15) is 284 Å². The van der Waals surface area contributed by atoms with Crippen LogP contribution in [0.2, 0.25) is 0 Å². The van der Waals surface area contributed by atoms with E-state index in [-0.39, 0.29) is 12.5 Å². The second kappa shape index (κ2) is 62.1. The fraction of sp³-hybridized carbons (Fsp3) is 0.691. The molecule has 1 amide bonds. The van der Waals surface area contributed by atoms with Crippen LogP contribution < -0.4 is 5.32 Å². The van der Waals surface area contributed by atoms with Crippen molar-refractivity contribution in [2.45, 2.75) is 296 Å². The van der Waals surface area contributed by atoms with E-state index in [0.717, 1.165) is 89.9 Å². The first-order valence-electron chi connectivity index (χ1n) is 30.7. The molecule has 0 aromatic heterocycles. The minimum atomic E-state index is -0.851. The maximum Gasteiger partial charge on any atom is 0.220 e. The average Bonchev–Trinajstić information content (AvgIpc) is 3.39. The third-order valence-electron chi connectivity index (χ3n) is 13.5. The molecule has 3 N–H and O–H groups in total. The lowest BCUT2D eigenvalue weighted by molar-refractivity contribution is -0.123. The number of aliphatic hydroxyl groups is 2. The number of rotatable bonds is 55. The first kappa shape index (κ1) is 68.8. The van der Waals surface area contributed by atoms with Crippen LogP contribution in [-0.2, 0) is 4.79 Å². The number of allylic oxidation sites excluding steroid dienone is 19. The van der Waals surface area contributed by atoms with Crippen LogP contribution >= 0.6 is 0 Å². The fourth-order valence-corrected chi connectivity index (χ4v) is 8.82. The highest BCUT2D eigenvalue weighted by Crippen LogP contribution is 2.16. The summed E-state index contributed by atoms with van der Waals surface area (Å²) in [6.45, 7) is 4.21. The summed E-state index contributed by atoms with van der Waals surface area (Å²) in [5.41, 5.74) is 0. The molecule has 72 heavy (non-hydrogen) atoms. The molecule has 0 spiro atoms. The zero-order chi connectivity index (χ0) is 52.0. The Hall–Kier alpha value is -3.21. The van der Waals surface area contributed by atoms with Crippen LogP contribution in [-0.4, -0.2) is 34.9 Å². The second-order valence-corrected chi connectivity index (χ2v) is 20.4. The summed E-state index contributed by atoms with van der Waals surface area (Å²) >= 11 is 0. The van der Waals surface area contributed by atoms with Crippen molar-refractivity contribution in [3.8, 4) is 0 Å². The monoisotopic (exact) mass is 996 g/mol. The number of aliphatic hydroxyl groups excluding tert-OH is 2. The Balaban J connectivity index is 3.59. The summed E-state index contributed by atoms with van der Waals surface area (Å²) in [5, 5.41) is 23.2. The van der Waals surface area contributed by atoms with Crippen molar-refractivity contribution in [2.75, 3.05) is 6.61 Å². The van der Waals surface area contributed by atoms with Gasteiger partial charge in [-0.25, -0.2) is 0 Å². The van der Waals surface area contributed by atoms with E-state index >= 15 is 0 Å². The molecule has 0 aliphatic rings. The zero-order valence-electron chi connectivity index (χ0n) is 47.4. The molecule has 0 fully saturated rings. The first-order chi connectivity index (χ1) is 35.7. The summed E-state index contributed by atoms with van der Waals surface area (Å²) in [4.78, 5) is 12.5. The van der Waals surface area contributed by atoms with E-state index in [4.69, 9.17) is 0 Å². The van der Waals surface area contributed by atoms with Gasteiger partial charge in [0.25, 0.3) is 0 Å². The lowest BCUT2D eigenvalue weighted by Gasteiger charge is -2.20. The van der Waals surface area contributed by atoms with E-state index in [1.54, 1.807) is 6.08 Å². The highest BCUT2D eigenvalue weighted by atomic mass is 16.3. The number of amides is 1. The van der Waals surface area contributed by atoms with E-state index in [1.807, 2.05) is 6.08 Å². The van der Waals surface area contributed by atoms with Crippen molar-refractivity contribution in [3.63, 3.8) is 0 Å². The summed E-state index contributed by atoms with van der Waals surface area (Å²) < 4.78 is 0. The molecule has 4 nitrogen and oxygen atoms in total. The SMILES string of the molecule is CC/C=C\C/C=C\C/C=C\C/C=C\C/C=C\C/C=C\C/C=C\C/C=C\C/C=C\CCCCCCCCCCCC(=O)NC(CO)C(O)/C=C/CCCCCCCCCCCCCCCCCCCCCCC. The minimum absolute atomic E-state index is 0.0727. The molecule has 2 atom stereocenters. The van der Waals surface area contributed by atoms with Gasteiger partial charge in [0.2, 0.25) is 5.91 Å². The van der Waals surface area contributed by atoms with Gasteiger partial charge in [-0.05, 0) is 89.9 Å². The number of hydrogen-bond donors (Lipinski definition) is 3. The quantitative estimate of drug-likeness (QED) is 0.0420. The second-order valence-electron chi connectivity index (χ2n) is 20.4. The van der Waals surface area contributed by atoms with Gasteiger partial charge in [-0.15, -0.1) is 0 Å². The Morgan fingerprint density at radius 3 is 0.917 bits per heavy atom. The summed E-state index contributed by atoms with van der Waals surface area (Å²) in [5.74, 6) is -0.0727. The van der Waals surface area contributed by atoms with E-state index < -0.39 is 12.1 Å². The summed E-state index contributed by atoms with van der Waals surface area (Å²) in [7, 11) is 0. The van der Waals surface area contributed by atoms with Crippen molar-refractivity contribution < 1.29 is 15.0 Å². The van der Waals surface area contributed by atoms with Crippen molar-refractivity contribution in [1.82, 2.24) is 5.32 Å². The van der Waals surface area contributed by atoms with E-state index in [1.165, 1.54) is 173 Å². The molecular formula is C68H117NO3. The molecule has 0 aliphatic heterocycles. The van der Waals surface area contributed by atoms with Crippen LogP contribution in [0.25, 0.3) is 0 Å². The van der Waals surface area contributed by atoms with Crippen molar-refractivity contribution in [2.24, 2.45) is 0 Å². The third kappa shape index (κ3) is 57.7. The minimum Gasteiger partial charge on any atom is -0.394 e. The summed E-state index contributed by atoms with van der Waals surface area (Å²) in [6.07, 6.45) is 95.1. The van der Waals surface area contributed by atoms with Gasteiger partial charge in [0.15, 0.2) is 0 Å². The maximum absolute atomic E-state index is 12.5. The zero-order valence-corrected chi connectivity index (χ0v) is 47.4.